The lowest BCUT2D eigenvalue weighted by molar-refractivity contribution is -0.136. The molecule has 0 aliphatic carbocycles. The van der Waals surface area contributed by atoms with Crippen molar-refractivity contribution in [2.24, 2.45) is 0 Å². The number of amides is 2. The predicted octanol–water partition coefficient (Wildman–Crippen LogP) is 2.35. The Hall–Kier alpha value is -2.73. The summed E-state index contributed by atoms with van der Waals surface area (Å²) < 4.78 is 0. The number of hydrogen-bond donors (Lipinski definition) is 0. The fourth-order valence-electron chi connectivity index (χ4n) is 4.46. The second-order valence-corrected chi connectivity index (χ2v) is 8.18. The monoisotopic (exact) mass is 406 g/mol. The SMILES string of the molecule is O=C(CCCc1ccccc1)N1CCN(C2CCN(Cc3cccnc3)C2=O)CC1. The van der Waals surface area contributed by atoms with Crippen molar-refractivity contribution in [3.63, 3.8) is 0 Å². The quantitative estimate of drug-likeness (QED) is 0.708. The zero-order valence-electron chi connectivity index (χ0n) is 17.4. The average molecular weight is 407 g/mol. The lowest BCUT2D eigenvalue weighted by Crippen LogP contribution is -2.53. The number of piperazine rings is 1. The predicted molar refractivity (Wildman–Crippen MR) is 116 cm³/mol. The maximum absolute atomic E-state index is 12.9. The van der Waals surface area contributed by atoms with Gasteiger partial charge < -0.3 is 9.80 Å². The minimum absolute atomic E-state index is 0.0444. The van der Waals surface area contributed by atoms with Gasteiger partial charge in [0.25, 0.3) is 0 Å². The Morgan fingerprint density at radius 3 is 2.47 bits per heavy atom. The van der Waals surface area contributed by atoms with Crippen molar-refractivity contribution in [2.45, 2.75) is 38.3 Å². The number of aromatic nitrogens is 1. The lowest BCUT2D eigenvalue weighted by Gasteiger charge is -2.37. The van der Waals surface area contributed by atoms with Gasteiger partial charge in [-0.1, -0.05) is 36.4 Å². The fraction of sp³-hybridized carbons (Fsp3) is 0.458. The third kappa shape index (κ3) is 5.05. The van der Waals surface area contributed by atoms with E-state index in [0.717, 1.165) is 57.5 Å². The molecule has 1 unspecified atom stereocenters. The van der Waals surface area contributed by atoms with Gasteiger partial charge in [0.1, 0.15) is 0 Å². The van der Waals surface area contributed by atoms with E-state index in [4.69, 9.17) is 0 Å². The number of carbonyl (C=O) groups is 2. The molecule has 1 aromatic carbocycles. The maximum Gasteiger partial charge on any atom is 0.240 e. The molecule has 6 heteroatoms. The van der Waals surface area contributed by atoms with Gasteiger partial charge in [0.05, 0.1) is 6.04 Å². The van der Waals surface area contributed by atoms with E-state index in [1.165, 1.54) is 5.56 Å². The summed E-state index contributed by atoms with van der Waals surface area (Å²) in [6.07, 6.45) is 6.85. The molecule has 0 spiro atoms. The van der Waals surface area contributed by atoms with E-state index in [2.05, 4.69) is 22.0 Å². The minimum Gasteiger partial charge on any atom is -0.340 e. The maximum atomic E-state index is 12.9. The third-order valence-corrected chi connectivity index (χ3v) is 6.17. The Morgan fingerprint density at radius 2 is 1.73 bits per heavy atom. The molecule has 0 radical (unpaired) electrons. The molecule has 2 saturated heterocycles. The highest BCUT2D eigenvalue weighted by atomic mass is 16.2. The Labute approximate surface area is 178 Å². The van der Waals surface area contributed by atoms with Crippen LogP contribution in [0.15, 0.2) is 54.9 Å². The molecule has 0 bridgehead atoms. The first-order valence-corrected chi connectivity index (χ1v) is 10.9. The van der Waals surface area contributed by atoms with Crippen LogP contribution >= 0.6 is 0 Å². The Morgan fingerprint density at radius 1 is 0.967 bits per heavy atom. The van der Waals surface area contributed by atoms with Gasteiger partial charge in [0, 0.05) is 58.1 Å². The first-order valence-electron chi connectivity index (χ1n) is 10.9. The molecule has 4 rings (SSSR count). The highest BCUT2D eigenvalue weighted by molar-refractivity contribution is 5.84. The minimum atomic E-state index is -0.0444. The van der Waals surface area contributed by atoms with Crippen molar-refractivity contribution in [2.75, 3.05) is 32.7 Å². The summed E-state index contributed by atoms with van der Waals surface area (Å²) >= 11 is 0. The molecule has 2 aromatic rings. The van der Waals surface area contributed by atoms with Crippen LogP contribution in [0.1, 0.15) is 30.4 Å². The summed E-state index contributed by atoms with van der Waals surface area (Å²) in [5, 5.41) is 0. The normalized spacial score (nSPS) is 20.0. The second kappa shape index (κ2) is 9.85. The molecule has 1 aromatic heterocycles. The summed E-state index contributed by atoms with van der Waals surface area (Å²) in [7, 11) is 0. The van der Waals surface area contributed by atoms with Crippen LogP contribution < -0.4 is 0 Å². The Bertz CT molecular complexity index is 835. The van der Waals surface area contributed by atoms with Gasteiger partial charge >= 0.3 is 0 Å². The van der Waals surface area contributed by atoms with Crippen LogP contribution in [0.25, 0.3) is 0 Å². The van der Waals surface area contributed by atoms with E-state index < -0.39 is 0 Å². The number of rotatable bonds is 7. The van der Waals surface area contributed by atoms with E-state index in [-0.39, 0.29) is 17.9 Å². The molecule has 158 valence electrons. The molecule has 2 amide bonds. The summed E-state index contributed by atoms with van der Waals surface area (Å²) in [5.41, 5.74) is 2.35. The molecule has 30 heavy (non-hydrogen) atoms. The fourth-order valence-corrected chi connectivity index (χ4v) is 4.46. The van der Waals surface area contributed by atoms with Crippen LogP contribution in [-0.4, -0.2) is 70.3 Å². The highest BCUT2D eigenvalue weighted by Crippen LogP contribution is 2.21. The van der Waals surface area contributed by atoms with Crippen LogP contribution in [0, 0.1) is 0 Å². The molecule has 2 aliphatic rings. The number of benzene rings is 1. The molecule has 3 heterocycles. The molecule has 6 nitrogen and oxygen atoms in total. The van der Waals surface area contributed by atoms with E-state index in [9.17, 15) is 9.59 Å². The van der Waals surface area contributed by atoms with Gasteiger partial charge in [-0.05, 0) is 36.5 Å². The third-order valence-electron chi connectivity index (χ3n) is 6.17. The van der Waals surface area contributed by atoms with Crippen molar-refractivity contribution in [3.05, 3.63) is 66.0 Å². The molecule has 1 atom stereocenters. The number of aryl methyl sites for hydroxylation is 1. The van der Waals surface area contributed by atoms with Crippen molar-refractivity contribution in [3.8, 4) is 0 Å². The number of nitrogens with zero attached hydrogens (tertiary/aromatic N) is 4. The average Bonchev–Trinajstić information content (AvgIpc) is 3.15. The Balaban J connectivity index is 1.20. The largest absolute Gasteiger partial charge is 0.340 e. The second-order valence-electron chi connectivity index (χ2n) is 8.18. The van der Waals surface area contributed by atoms with Crippen molar-refractivity contribution < 1.29 is 9.59 Å². The first-order chi connectivity index (χ1) is 14.7. The van der Waals surface area contributed by atoms with Crippen molar-refractivity contribution in [1.29, 1.82) is 0 Å². The molecular formula is C24H30N4O2. The van der Waals surface area contributed by atoms with Gasteiger partial charge in [-0.25, -0.2) is 0 Å². The van der Waals surface area contributed by atoms with E-state index >= 15 is 0 Å². The van der Waals surface area contributed by atoms with Gasteiger partial charge in [-0.3, -0.25) is 19.5 Å². The van der Waals surface area contributed by atoms with Crippen molar-refractivity contribution in [1.82, 2.24) is 19.7 Å². The summed E-state index contributed by atoms with van der Waals surface area (Å²) in [5.74, 6) is 0.447. The number of hydrogen-bond acceptors (Lipinski definition) is 4. The van der Waals surface area contributed by atoms with E-state index in [1.54, 1.807) is 6.20 Å². The molecule has 2 fully saturated rings. The van der Waals surface area contributed by atoms with Crippen molar-refractivity contribution >= 4 is 11.8 Å². The highest BCUT2D eigenvalue weighted by Gasteiger charge is 2.37. The summed E-state index contributed by atoms with van der Waals surface area (Å²) in [6.45, 7) is 4.41. The summed E-state index contributed by atoms with van der Waals surface area (Å²) in [4.78, 5) is 35.7. The standard InChI is InChI=1S/C24H30N4O2/c29-23(10-4-8-20-6-2-1-3-7-20)27-16-14-26(15-17-27)22-11-13-28(24(22)30)19-21-9-5-12-25-18-21/h1-3,5-7,9,12,18,22H,4,8,10-11,13-17,19H2. The zero-order valence-corrected chi connectivity index (χ0v) is 17.4. The van der Waals surface area contributed by atoms with Gasteiger partial charge in [-0.2, -0.15) is 0 Å². The van der Waals surface area contributed by atoms with Crippen LogP contribution in [-0.2, 0) is 22.6 Å². The van der Waals surface area contributed by atoms with Crippen LogP contribution in [0.3, 0.4) is 0 Å². The summed E-state index contributed by atoms with van der Waals surface area (Å²) in [6, 6.07) is 14.2. The van der Waals surface area contributed by atoms with Gasteiger partial charge in [0.15, 0.2) is 0 Å². The topological polar surface area (TPSA) is 56.8 Å². The number of carbonyl (C=O) groups excluding carboxylic acids is 2. The smallest absolute Gasteiger partial charge is 0.240 e. The molecular weight excluding hydrogens is 376 g/mol. The first kappa shape index (κ1) is 20.5. The van der Waals surface area contributed by atoms with Gasteiger partial charge in [0.2, 0.25) is 11.8 Å². The molecule has 2 aliphatic heterocycles. The lowest BCUT2D eigenvalue weighted by atomic mass is 10.1. The van der Waals surface area contributed by atoms with E-state index in [0.29, 0.717) is 13.0 Å². The molecule has 0 N–H and O–H groups in total. The molecule has 0 saturated carbocycles. The van der Waals surface area contributed by atoms with Crippen LogP contribution in [0.5, 0.6) is 0 Å². The number of pyridine rings is 1. The Kier molecular flexibility index (Phi) is 6.74. The number of likely N-dealkylation sites (tertiary alicyclic amines) is 1. The van der Waals surface area contributed by atoms with Gasteiger partial charge in [-0.15, -0.1) is 0 Å². The zero-order chi connectivity index (χ0) is 20.8. The van der Waals surface area contributed by atoms with Crippen LogP contribution in [0.2, 0.25) is 0 Å². The van der Waals surface area contributed by atoms with E-state index in [1.807, 2.05) is 46.3 Å². The van der Waals surface area contributed by atoms with Crippen LogP contribution in [0.4, 0.5) is 0 Å².